The number of fused-ring (bicyclic) bond motifs is 1. The molecule has 5 N–H and O–H groups in total. The number of hydrogen-bond acceptors (Lipinski definition) is 6. The molecule has 1 heterocycles. The van der Waals surface area contributed by atoms with E-state index in [1.165, 1.54) is 6.07 Å². The molecule has 0 aliphatic heterocycles. The summed E-state index contributed by atoms with van der Waals surface area (Å²) >= 11 is 0. The number of para-hydroxylation sites is 1. The minimum Gasteiger partial charge on any atom is -0.480 e. The molecule has 0 aliphatic carbocycles. The van der Waals surface area contributed by atoms with E-state index in [0.29, 0.717) is 18.5 Å². The topological polar surface area (TPSA) is 145 Å². The van der Waals surface area contributed by atoms with Crippen LogP contribution in [0.5, 0.6) is 0 Å². The summed E-state index contributed by atoms with van der Waals surface area (Å²) in [6, 6.07) is 9.68. The van der Waals surface area contributed by atoms with Crippen molar-refractivity contribution in [3.63, 3.8) is 0 Å². The molecule has 23 heavy (non-hydrogen) atoms. The molecular weight excluding hydrogens is 300 g/mol. The van der Waals surface area contributed by atoms with Gasteiger partial charge in [-0.15, -0.1) is 0 Å². The molecule has 2 aromatic rings. The maximum Gasteiger partial charge on any atom is 0.364 e. The van der Waals surface area contributed by atoms with E-state index in [1.807, 2.05) is 12.1 Å². The number of carbonyl (C=O) groups is 1. The normalized spacial score (nSPS) is 11.4. The molecule has 0 unspecified atom stereocenters. The molecule has 8 nitrogen and oxygen atoms in total. The number of aliphatic carboxylic acids is 1. The van der Waals surface area contributed by atoms with E-state index in [4.69, 9.17) is 16.6 Å². The van der Waals surface area contributed by atoms with Crippen LogP contribution < -0.4 is 11.5 Å². The number of unbranched alkanes of at least 4 members (excludes halogenated alkanes) is 1. The smallest absolute Gasteiger partial charge is 0.364 e. The van der Waals surface area contributed by atoms with Crippen LogP contribution in [0.15, 0.2) is 36.4 Å². The van der Waals surface area contributed by atoms with E-state index >= 15 is 0 Å². The Morgan fingerprint density at radius 1 is 1.26 bits per heavy atom. The third-order valence-electron chi connectivity index (χ3n) is 3.06. The fourth-order valence-corrected chi connectivity index (χ4v) is 1.79. The van der Waals surface area contributed by atoms with Gasteiger partial charge in [-0.25, -0.2) is 0 Å². The van der Waals surface area contributed by atoms with Crippen molar-refractivity contribution in [3.05, 3.63) is 46.5 Å². The highest BCUT2D eigenvalue weighted by Crippen LogP contribution is 2.15. The molecule has 0 amide bonds. The van der Waals surface area contributed by atoms with Crippen molar-refractivity contribution in [2.24, 2.45) is 11.5 Å². The number of carboxylic acid groups (broad SMARTS) is 1. The predicted octanol–water partition coefficient (Wildman–Crippen LogP) is 1.67. The number of rotatable bonds is 6. The van der Waals surface area contributed by atoms with Crippen LogP contribution in [0.3, 0.4) is 0 Å². The minimum absolute atomic E-state index is 0.112. The number of pyridine rings is 1. The summed E-state index contributed by atoms with van der Waals surface area (Å²) in [5.41, 5.74) is 11.1. The van der Waals surface area contributed by atoms with E-state index < -0.39 is 16.9 Å². The van der Waals surface area contributed by atoms with Gasteiger partial charge in [0.05, 0.1) is 0 Å². The number of benzene rings is 1. The Morgan fingerprint density at radius 3 is 2.57 bits per heavy atom. The Kier molecular flexibility index (Phi) is 7.58. The molecule has 1 aromatic heterocycles. The number of nitrogens with two attached hydrogens (primary N) is 2. The molecule has 2 rings (SSSR count). The summed E-state index contributed by atoms with van der Waals surface area (Å²) in [6.07, 6.45) is 2.16. The first-order chi connectivity index (χ1) is 11.0. The summed E-state index contributed by atoms with van der Waals surface area (Å²) in [5, 5.41) is 19.6. The van der Waals surface area contributed by atoms with Crippen LogP contribution in [0.2, 0.25) is 0 Å². The van der Waals surface area contributed by atoms with E-state index in [9.17, 15) is 14.9 Å². The van der Waals surface area contributed by atoms with E-state index in [1.54, 1.807) is 18.2 Å². The van der Waals surface area contributed by atoms with E-state index in [-0.39, 0.29) is 5.82 Å². The molecule has 124 valence electrons. The lowest BCUT2D eigenvalue weighted by Gasteiger charge is -2.03. The Morgan fingerprint density at radius 2 is 1.96 bits per heavy atom. The first-order valence-corrected chi connectivity index (χ1v) is 7.14. The zero-order valence-corrected chi connectivity index (χ0v) is 12.6. The number of hydrogen-bond donors (Lipinski definition) is 3. The van der Waals surface area contributed by atoms with Crippen molar-refractivity contribution in [2.45, 2.75) is 25.3 Å². The molecular formula is C15H20N4O4. The second-order valence-corrected chi connectivity index (χ2v) is 4.85. The van der Waals surface area contributed by atoms with Crippen LogP contribution in [-0.2, 0) is 4.79 Å². The van der Waals surface area contributed by atoms with Gasteiger partial charge in [0.15, 0.2) is 5.52 Å². The van der Waals surface area contributed by atoms with Gasteiger partial charge in [0.25, 0.3) is 0 Å². The molecule has 0 radical (unpaired) electrons. The molecule has 1 atom stereocenters. The van der Waals surface area contributed by atoms with E-state index in [2.05, 4.69) is 4.98 Å². The summed E-state index contributed by atoms with van der Waals surface area (Å²) in [4.78, 5) is 23.9. The van der Waals surface area contributed by atoms with Crippen molar-refractivity contribution in [1.29, 1.82) is 0 Å². The lowest BCUT2D eigenvalue weighted by molar-refractivity contribution is -0.389. The lowest BCUT2D eigenvalue weighted by Crippen LogP contribution is -2.29. The second-order valence-electron chi connectivity index (χ2n) is 4.85. The Balaban J connectivity index is 0.000000241. The Labute approximate surface area is 133 Å². The second kappa shape index (κ2) is 9.44. The van der Waals surface area contributed by atoms with Crippen LogP contribution in [0.1, 0.15) is 19.3 Å². The summed E-state index contributed by atoms with van der Waals surface area (Å²) in [5.74, 6) is -1.05. The fourth-order valence-electron chi connectivity index (χ4n) is 1.79. The molecule has 1 aromatic carbocycles. The Bertz CT molecular complexity index is 663. The maximum absolute atomic E-state index is 10.4. The highest BCUT2D eigenvalue weighted by Gasteiger charge is 2.09. The van der Waals surface area contributed by atoms with Crippen LogP contribution in [0, 0.1) is 10.1 Å². The summed E-state index contributed by atoms with van der Waals surface area (Å²) in [6.45, 7) is 0.604. The van der Waals surface area contributed by atoms with Crippen LogP contribution in [0.4, 0.5) is 5.82 Å². The molecule has 0 saturated carbocycles. The zero-order chi connectivity index (χ0) is 17.2. The lowest BCUT2D eigenvalue weighted by atomic mass is 10.1. The van der Waals surface area contributed by atoms with Gasteiger partial charge in [0, 0.05) is 11.5 Å². The van der Waals surface area contributed by atoms with Crippen molar-refractivity contribution in [2.75, 3.05) is 6.54 Å². The van der Waals surface area contributed by atoms with Gasteiger partial charge in [-0.1, -0.05) is 24.6 Å². The van der Waals surface area contributed by atoms with Gasteiger partial charge in [-0.3, -0.25) is 4.79 Å². The van der Waals surface area contributed by atoms with Gasteiger partial charge in [0.2, 0.25) is 0 Å². The first-order valence-electron chi connectivity index (χ1n) is 7.14. The third-order valence-corrected chi connectivity index (χ3v) is 3.06. The third kappa shape index (κ3) is 6.37. The molecule has 0 saturated heterocycles. The molecule has 8 heteroatoms. The van der Waals surface area contributed by atoms with Crippen molar-refractivity contribution < 1.29 is 14.8 Å². The van der Waals surface area contributed by atoms with Gasteiger partial charge in [-0.2, -0.15) is 0 Å². The summed E-state index contributed by atoms with van der Waals surface area (Å²) in [7, 11) is 0. The maximum atomic E-state index is 10.4. The largest absolute Gasteiger partial charge is 0.480 e. The van der Waals surface area contributed by atoms with Gasteiger partial charge >= 0.3 is 11.8 Å². The van der Waals surface area contributed by atoms with Crippen LogP contribution in [-0.4, -0.2) is 33.6 Å². The minimum atomic E-state index is -0.933. The van der Waals surface area contributed by atoms with Crippen molar-refractivity contribution >= 4 is 22.7 Å². The summed E-state index contributed by atoms with van der Waals surface area (Å²) < 4.78 is 0. The highest BCUT2D eigenvalue weighted by molar-refractivity contribution is 5.79. The number of nitrogens with zero attached hydrogens (tertiary/aromatic N) is 2. The number of carboxylic acids is 1. The quantitative estimate of drug-likeness (QED) is 0.417. The monoisotopic (exact) mass is 320 g/mol. The average Bonchev–Trinajstić information content (AvgIpc) is 2.55. The molecule has 0 bridgehead atoms. The highest BCUT2D eigenvalue weighted by atomic mass is 16.6. The number of aromatic nitrogens is 1. The van der Waals surface area contributed by atoms with Crippen molar-refractivity contribution in [3.8, 4) is 0 Å². The molecule has 0 spiro atoms. The zero-order valence-electron chi connectivity index (χ0n) is 12.6. The predicted molar refractivity (Wildman–Crippen MR) is 86.9 cm³/mol. The average molecular weight is 320 g/mol. The molecule has 0 aliphatic rings. The first kappa shape index (κ1) is 18.5. The Hall–Kier alpha value is -2.58. The molecule has 0 fully saturated rings. The van der Waals surface area contributed by atoms with E-state index in [0.717, 1.165) is 18.2 Å². The van der Waals surface area contributed by atoms with Gasteiger partial charge in [-0.05, 0) is 41.4 Å². The SMILES string of the molecule is NCCCC[C@H](N)C(=O)O.O=[N+]([O-])c1ccc2ccccc2n1. The van der Waals surface area contributed by atoms with Gasteiger partial charge in [0.1, 0.15) is 6.04 Å². The number of nitro groups is 1. The van der Waals surface area contributed by atoms with Crippen molar-refractivity contribution in [1.82, 2.24) is 4.98 Å². The fraction of sp³-hybridized carbons (Fsp3) is 0.333. The van der Waals surface area contributed by atoms with Crippen LogP contribution in [0.25, 0.3) is 10.9 Å². The van der Waals surface area contributed by atoms with Crippen LogP contribution >= 0.6 is 0 Å². The van der Waals surface area contributed by atoms with Gasteiger partial charge < -0.3 is 26.7 Å². The standard InChI is InChI=1S/C9H6N2O2.C6H14N2O2/c12-11(13)9-6-5-7-3-1-2-4-8(7)10-9;7-4-2-1-3-5(8)6(9)10/h1-6H;5H,1-4,7-8H2,(H,9,10)/t;5-/m.0/s1.